The van der Waals surface area contributed by atoms with Crippen LogP contribution in [0.15, 0.2) is 0 Å². The number of amides is 1. The molecular formula is C13H28N4O2. The van der Waals surface area contributed by atoms with E-state index in [0.29, 0.717) is 13.1 Å². The number of carbonyl (C=O) groups excluding carboxylic acids is 1. The summed E-state index contributed by atoms with van der Waals surface area (Å²) in [5, 5.41) is 7.12. The van der Waals surface area contributed by atoms with Crippen LogP contribution in [0.2, 0.25) is 0 Å². The van der Waals surface area contributed by atoms with Gasteiger partial charge in [0.15, 0.2) is 0 Å². The predicted octanol–water partition coefficient (Wildman–Crippen LogP) is 0.783. The summed E-state index contributed by atoms with van der Waals surface area (Å²) in [5.74, 6) is 0. The molecule has 0 spiro atoms. The highest BCUT2D eigenvalue weighted by molar-refractivity contribution is 5.67. The van der Waals surface area contributed by atoms with E-state index in [9.17, 15) is 4.79 Å². The summed E-state index contributed by atoms with van der Waals surface area (Å²) < 4.78 is 5.44. The van der Waals surface area contributed by atoms with Crippen LogP contribution in [-0.4, -0.2) is 61.5 Å². The van der Waals surface area contributed by atoms with E-state index in [1.165, 1.54) is 0 Å². The van der Waals surface area contributed by atoms with Crippen LogP contribution in [0, 0.1) is 0 Å². The van der Waals surface area contributed by atoms with Gasteiger partial charge in [0, 0.05) is 32.7 Å². The molecule has 1 unspecified atom stereocenters. The minimum atomic E-state index is -0.228. The highest BCUT2D eigenvalue weighted by Gasteiger charge is 2.24. The number of carbonyl (C=O) groups is 1. The summed E-state index contributed by atoms with van der Waals surface area (Å²) in [4.78, 5) is 12.2. The zero-order chi connectivity index (χ0) is 14.1. The van der Waals surface area contributed by atoms with Crippen LogP contribution >= 0.6 is 0 Å². The lowest BCUT2D eigenvalue weighted by atomic mass is 10.3. The van der Waals surface area contributed by atoms with Crippen molar-refractivity contribution in [2.75, 3.05) is 39.3 Å². The maximum Gasteiger partial charge on any atom is 0.424 e. The monoisotopic (exact) mass is 272 g/mol. The van der Waals surface area contributed by atoms with Crippen molar-refractivity contribution in [2.24, 2.45) is 5.73 Å². The van der Waals surface area contributed by atoms with Crippen molar-refractivity contribution in [2.45, 2.75) is 39.2 Å². The molecule has 1 aliphatic rings. The summed E-state index contributed by atoms with van der Waals surface area (Å²) in [6.45, 7) is 8.79. The van der Waals surface area contributed by atoms with E-state index in [0.717, 1.165) is 45.4 Å². The van der Waals surface area contributed by atoms with Gasteiger partial charge < -0.3 is 15.8 Å². The van der Waals surface area contributed by atoms with Gasteiger partial charge in [-0.1, -0.05) is 6.92 Å². The largest absolute Gasteiger partial charge is 0.445 e. The third-order valence-corrected chi connectivity index (χ3v) is 3.35. The second-order valence-corrected chi connectivity index (χ2v) is 4.93. The molecule has 6 heteroatoms. The number of nitrogens with zero attached hydrogens (tertiary/aromatic N) is 2. The lowest BCUT2D eigenvalue weighted by Crippen LogP contribution is -2.55. The van der Waals surface area contributed by atoms with Crippen LogP contribution in [0.25, 0.3) is 0 Å². The van der Waals surface area contributed by atoms with Gasteiger partial charge in [-0.15, -0.1) is 0 Å². The Kier molecular flexibility index (Phi) is 7.78. The van der Waals surface area contributed by atoms with Crippen molar-refractivity contribution in [3.8, 4) is 0 Å². The molecule has 1 saturated heterocycles. The van der Waals surface area contributed by atoms with Gasteiger partial charge in [0.1, 0.15) is 6.10 Å². The molecule has 0 aliphatic carbocycles. The number of unbranched alkanes of at least 4 members (excludes halogenated alkanes) is 1. The lowest BCUT2D eigenvalue weighted by Gasteiger charge is -2.37. The summed E-state index contributed by atoms with van der Waals surface area (Å²) >= 11 is 0. The first-order valence-corrected chi connectivity index (χ1v) is 7.32. The minimum Gasteiger partial charge on any atom is -0.445 e. The number of nitrogens with two attached hydrogens (primary N) is 1. The number of ether oxygens (including phenoxy) is 1. The molecule has 1 atom stereocenters. The molecule has 1 aliphatic heterocycles. The summed E-state index contributed by atoms with van der Waals surface area (Å²) in [6, 6.07) is 0. The fourth-order valence-electron chi connectivity index (χ4n) is 1.96. The van der Waals surface area contributed by atoms with Crippen LogP contribution in [0.1, 0.15) is 33.1 Å². The Morgan fingerprint density at radius 2 is 2.11 bits per heavy atom. The molecular weight excluding hydrogens is 244 g/mol. The average Bonchev–Trinajstić information content (AvgIpc) is 2.44. The first-order valence-electron chi connectivity index (χ1n) is 7.32. The summed E-state index contributed by atoms with van der Waals surface area (Å²) in [7, 11) is 0. The third kappa shape index (κ3) is 5.76. The Hall–Kier alpha value is -0.850. The Morgan fingerprint density at radius 3 is 2.68 bits per heavy atom. The predicted molar refractivity (Wildman–Crippen MR) is 75.7 cm³/mol. The molecule has 1 rings (SSSR count). The zero-order valence-electron chi connectivity index (χ0n) is 12.2. The number of rotatable bonds is 7. The molecule has 0 radical (unpaired) electrons. The third-order valence-electron chi connectivity index (χ3n) is 3.35. The smallest absolute Gasteiger partial charge is 0.424 e. The number of piperazine rings is 1. The fraction of sp³-hybridized carbons (Fsp3) is 0.923. The molecule has 1 heterocycles. The van der Waals surface area contributed by atoms with Crippen molar-refractivity contribution in [3.05, 3.63) is 0 Å². The average molecular weight is 272 g/mol. The first kappa shape index (κ1) is 16.2. The SMILES string of the molecule is CCC(C)OC(=O)N(CCCCN)N1CCNCC1. The van der Waals surface area contributed by atoms with Crippen molar-refractivity contribution < 1.29 is 9.53 Å². The van der Waals surface area contributed by atoms with Crippen LogP contribution in [-0.2, 0) is 4.74 Å². The second kappa shape index (κ2) is 9.12. The van der Waals surface area contributed by atoms with E-state index in [2.05, 4.69) is 10.3 Å². The zero-order valence-corrected chi connectivity index (χ0v) is 12.2. The Balaban J connectivity index is 2.53. The molecule has 3 N–H and O–H groups in total. The van der Waals surface area contributed by atoms with Gasteiger partial charge >= 0.3 is 6.09 Å². The van der Waals surface area contributed by atoms with Crippen molar-refractivity contribution >= 4 is 6.09 Å². The van der Waals surface area contributed by atoms with Gasteiger partial charge in [0.25, 0.3) is 0 Å². The molecule has 0 aromatic rings. The highest BCUT2D eigenvalue weighted by Crippen LogP contribution is 2.08. The molecule has 6 nitrogen and oxygen atoms in total. The van der Waals surface area contributed by atoms with Crippen LogP contribution in [0.4, 0.5) is 4.79 Å². The van der Waals surface area contributed by atoms with Crippen molar-refractivity contribution in [1.29, 1.82) is 0 Å². The molecule has 0 aromatic heterocycles. The van der Waals surface area contributed by atoms with Crippen LogP contribution < -0.4 is 11.1 Å². The molecule has 112 valence electrons. The quantitative estimate of drug-likeness (QED) is 0.670. The van der Waals surface area contributed by atoms with Gasteiger partial charge in [-0.3, -0.25) is 0 Å². The topological polar surface area (TPSA) is 70.8 Å². The second-order valence-electron chi connectivity index (χ2n) is 4.93. The van der Waals surface area contributed by atoms with Crippen LogP contribution in [0.5, 0.6) is 0 Å². The molecule has 0 saturated carbocycles. The lowest BCUT2D eigenvalue weighted by molar-refractivity contribution is -0.0407. The number of hydrazine groups is 1. The normalized spacial score (nSPS) is 18.1. The van der Waals surface area contributed by atoms with E-state index < -0.39 is 0 Å². The van der Waals surface area contributed by atoms with Gasteiger partial charge in [-0.05, 0) is 32.7 Å². The number of hydrogen-bond acceptors (Lipinski definition) is 5. The van der Waals surface area contributed by atoms with Gasteiger partial charge in [-0.25, -0.2) is 14.8 Å². The molecule has 0 bridgehead atoms. The van der Waals surface area contributed by atoms with Crippen molar-refractivity contribution in [3.63, 3.8) is 0 Å². The van der Waals surface area contributed by atoms with E-state index in [-0.39, 0.29) is 12.2 Å². The van der Waals surface area contributed by atoms with E-state index in [1.54, 1.807) is 5.01 Å². The molecule has 19 heavy (non-hydrogen) atoms. The van der Waals surface area contributed by atoms with E-state index in [1.807, 2.05) is 13.8 Å². The standard InChI is InChI=1S/C13H28N4O2/c1-3-12(2)19-13(18)17(9-5-4-6-14)16-10-7-15-8-11-16/h12,15H,3-11,14H2,1-2H3. The van der Waals surface area contributed by atoms with Gasteiger partial charge in [0.2, 0.25) is 0 Å². The fourth-order valence-corrected chi connectivity index (χ4v) is 1.96. The van der Waals surface area contributed by atoms with E-state index in [4.69, 9.17) is 10.5 Å². The van der Waals surface area contributed by atoms with Crippen molar-refractivity contribution in [1.82, 2.24) is 15.3 Å². The highest BCUT2D eigenvalue weighted by atomic mass is 16.6. The number of nitrogens with one attached hydrogen (secondary N) is 1. The van der Waals surface area contributed by atoms with E-state index >= 15 is 0 Å². The van der Waals surface area contributed by atoms with Gasteiger partial charge in [-0.2, -0.15) is 0 Å². The number of hydrogen-bond donors (Lipinski definition) is 2. The Morgan fingerprint density at radius 1 is 1.42 bits per heavy atom. The first-order chi connectivity index (χ1) is 9.19. The van der Waals surface area contributed by atoms with Crippen LogP contribution in [0.3, 0.4) is 0 Å². The molecule has 1 fully saturated rings. The summed E-state index contributed by atoms with van der Waals surface area (Å²) in [5.41, 5.74) is 5.51. The maximum absolute atomic E-state index is 12.2. The maximum atomic E-state index is 12.2. The minimum absolute atomic E-state index is 0.0348. The summed E-state index contributed by atoms with van der Waals surface area (Å²) in [6.07, 6.45) is 2.42. The Labute approximate surface area is 116 Å². The molecule has 0 aromatic carbocycles. The van der Waals surface area contributed by atoms with Gasteiger partial charge in [0.05, 0.1) is 0 Å². The molecule has 1 amide bonds. The Bertz CT molecular complexity index is 257.